The quantitative estimate of drug-likeness (QED) is 0.875. The number of aryl methyl sites for hydroxylation is 1. The number of furan rings is 1. The number of phenolic OH excluding ortho intramolecular Hbond substituents is 1. The van der Waals surface area contributed by atoms with Crippen LogP contribution in [0.3, 0.4) is 0 Å². The van der Waals surface area contributed by atoms with E-state index in [2.05, 4.69) is 0 Å². The average Bonchev–Trinajstić information content (AvgIpc) is 2.85. The molecule has 0 saturated heterocycles. The highest BCUT2D eigenvalue weighted by atomic mass is 16.5. The Balaban J connectivity index is 2.54. The summed E-state index contributed by atoms with van der Waals surface area (Å²) < 4.78 is 10.7. The molecule has 106 valence electrons. The zero-order valence-corrected chi connectivity index (χ0v) is 11.3. The summed E-state index contributed by atoms with van der Waals surface area (Å²) in [6, 6.07) is 4.63. The molecule has 0 unspecified atom stereocenters. The Morgan fingerprint density at radius 2 is 2.10 bits per heavy atom. The third-order valence-electron chi connectivity index (χ3n) is 2.98. The van der Waals surface area contributed by atoms with Crippen molar-refractivity contribution in [3.63, 3.8) is 0 Å². The number of aromatic carboxylic acids is 1. The van der Waals surface area contributed by atoms with Crippen molar-refractivity contribution in [2.45, 2.75) is 20.3 Å². The molecule has 5 heteroatoms. The molecule has 0 spiro atoms. The minimum atomic E-state index is -1.03. The Morgan fingerprint density at radius 1 is 1.35 bits per heavy atom. The van der Waals surface area contributed by atoms with Crippen molar-refractivity contribution in [3.05, 3.63) is 35.6 Å². The number of aromatic hydroxyl groups is 1. The van der Waals surface area contributed by atoms with Gasteiger partial charge in [0.1, 0.15) is 11.3 Å². The van der Waals surface area contributed by atoms with Crippen LogP contribution in [-0.4, -0.2) is 22.8 Å². The molecule has 2 rings (SSSR count). The predicted octanol–water partition coefficient (Wildman–Crippen LogP) is 3.31. The van der Waals surface area contributed by atoms with Gasteiger partial charge in [0.05, 0.1) is 12.9 Å². The lowest BCUT2D eigenvalue weighted by Gasteiger charge is -2.07. The molecule has 1 aromatic heterocycles. The number of hydrogen-bond acceptors (Lipinski definition) is 4. The minimum absolute atomic E-state index is 0.00902. The molecule has 20 heavy (non-hydrogen) atoms. The van der Waals surface area contributed by atoms with Crippen molar-refractivity contribution >= 4 is 5.97 Å². The first-order chi connectivity index (χ1) is 9.58. The normalized spacial score (nSPS) is 10.5. The molecule has 0 aliphatic carbocycles. The van der Waals surface area contributed by atoms with Crippen LogP contribution in [-0.2, 0) is 6.42 Å². The maximum absolute atomic E-state index is 11.4. The second-order valence-electron chi connectivity index (χ2n) is 4.24. The highest BCUT2D eigenvalue weighted by Gasteiger charge is 2.21. The van der Waals surface area contributed by atoms with Gasteiger partial charge in [0.25, 0.3) is 0 Å². The van der Waals surface area contributed by atoms with E-state index in [1.165, 1.54) is 12.3 Å². The van der Waals surface area contributed by atoms with Gasteiger partial charge in [0.2, 0.25) is 0 Å². The standard InChI is InChI=1S/C15H16O5/c1-3-9-8-20-14(13(9)15(17)18)10-5-6-11(16)12(7-10)19-4-2/h5-8,16H,3-4H2,1-2H3,(H,17,18). The van der Waals surface area contributed by atoms with Crippen LogP contribution >= 0.6 is 0 Å². The Hall–Kier alpha value is -2.43. The highest BCUT2D eigenvalue weighted by Crippen LogP contribution is 2.35. The lowest BCUT2D eigenvalue weighted by Crippen LogP contribution is -2.00. The van der Waals surface area contributed by atoms with Crippen LogP contribution in [0.4, 0.5) is 0 Å². The van der Waals surface area contributed by atoms with Crippen molar-refractivity contribution < 1.29 is 24.2 Å². The van der Waals surface area contributed by atoms with Crippen LogP contribution in [0.1, 0.15) is 29.8 Å². The number of carboxylic acids is 1. The van der Waals surface area contributed by atoms with E-state index >= 15 is 0 Å². The maximum atomic E-state index is 11.4. The van der Waals surface area contributed by atoms with E-state index in [9.17, 15) is 15.0 Å². The molecule has 0 aliphatic heterocycles. The van der Waals surface area contributed by atoms with E-state index in [1.807, 2.05) is 6.92 Å². The van der Waals surface area contributed by atoms with Gasteiger partial charge in [-0.15, -0.1) is 0 Å². The number of carboxylic acid groups (broad SMARTS) is 1. The van der Waals surface area contributed by atoms with E-state index < -0.39 is 5.97 Å². The summed E-state index contributed by atoms with van der Waals surface area (Å²) >= 11 is 0. The maximum Gasteiger partial charge on any atom is 0.339 e. The van der Waals surface area contributed by atoms with Gasteiger partial charge in [-0.3, -0.25) is 0 Å². The van der Waals surface area contributed by atoms with Crippen molar-refractivity contribution in [3.8, 4) is 22.8 Å². The number of phenols is 1. The summed E-state index contributed by atoms with van der Waals surface area (Å²) in [4.78, 5) is 11.4. The van der Waals surface area contributed by atoms with E-state index in [1.54, 1.807) is 19.1 Å². The summed E-state index contributed by atoms with van der Waals surface area (Å²) in [6.07, 6.45) is 2.02. The number of rotatable bonds is 5. The smallest absolute Gasteiger partial charge is 0.339 e. The summed E-state index contributed by atoms with van der Waals surface area (Å²) in [5, 5.41) is 19.0. The molecule has 1 heterocycles. The first-order valence-corrected chi connectivity index (χ1v) is 6.38. The van der Waals surface area contributed by atoms with Crippen molar-refractivity contribution in [2.75, 3.05) is 6.61 Å². The van der Waals surface area contributed by atoms with Gasteiger partial charge in [-0.25, -0.2) is 4.79 Å². The molecule has 2 N–H and O–H groups in total. The Bertz CT molecular complexity index is 627. The predicted molar refractivity (Wildman–Crippen MR) is 73.3 cm³/mol. The van der Waals surface area contributed by atoms with Gasteiger partial charge < -0.3 is 19.4 Å². The monoisotopic (exact) mass is 276 g/mol. The summed E-state index contributed by atoms with van der Waals surface area (Å²) in [5.74, 6) is -0.447. The second-order valence-corrected chi connectivity index (χ2v) is 4.24. The third kappa shape index (κ3) is 2.47. The largest absolute Gasteiger partial charge is 0.504 e. The summed E-state index contributed by atoms with van der Waals surface area (Å²) in [7, 11) is 0. The van der Waals surface area contributed by atoms with Crippen molar-refractivity contribution in [1.82, 2.24) is 0 Å². The topological polar surface area (TPSA) is 79.9 Å². The van der Waals surface area contributed by atoms with Crippen LogP contribution in [0.5, 0.6) is 11.5 Å². The summed E-state index contributed by atoms with van der Waals surface area (Å²) in [5.41, 5.74) is 1.35. The molecule has 0 bridgehead atoms. The number of benzene rings is 1. The van der Waals surface area contributed by atoms with Crippen LogP contribution in [0.25, 0.3) is 11.3 Å². The Labute approximate surface area is 116 Å². The molecule has 1 aromatic carbocycles. The Kier molecular flexibility index (Phi) is 3.98. The zero-order chi connectivity index (χ0) is 14.7. The minimum Gasteiger partial charge on any atom is -0.504 e. The van der Waals surface area contributed by atoms with Gasteiger partial charge >= 0.3 is 5.97 Å². The average molecular weight is 276 g/mol. The van der Waals surface area contributed by atoms with Gasteiger partial charge in [-0.05, 0) is 31.5 Å². The molecule has 0 amide bonds. The van der Waals surface area contributed by atoms with Gasteiger partial charge in [-0.1, -0.05) is 6.92 Å². The molecular weight excluding hydrogens is 260 g/mol. The molecule has 5 nitrogen and oxygen atoms in total. The molecular formula is C15H16O5. The summed E-state index contributed by atoms with van der Waals surface area (Å²) in [6.45, 7) is 4.07. The fourth-order valence-corrected chi connectivity index (χ4v) is 2.03. The van der Waals surface area contributed by atoms with Crippen LogP contribution in [0.15, 0.2) is 28.9 Å². The van der Waals surface area contributed by atoms with E-state index in [0.717, 1.165) is 0 Å². The Morgan fingerprint density at radius 3 is 2.70 bits per heavy atom. The fraction of sp³-hybridized carbons (Fsp3) is 0.267. The lowest BCUT2D eigenvalue weighted by atomic mass is 10.0. The van der Waals surface area contributed by atoms with Gasteiger partial charge in [0.15, 0.2) is 11.5 Å². The fourth-order valence-electron chi connectivity index (χ4n) is 2.03. The molecule has 2 aromatic rings. The van der Waals surface area contributed by atoms with Crippen LogP contribution in [0, 0.1) is 0 Å². The third-order valence-corrected chi connectivity index (χ3v) is 2.98. The lowest BCUT2D eigenvalue weighted by molar-refractivity contribution is 0.0696. The molecule has 0 fully saturated rings. The van der Waals surface area contributed by atoms with Crippen molar-refractivity contribution in [1.29, 1.82) is 0 Å². The van der Waals surface area contributed by atoms with Gasteiger partial charge in [-0.2, -0.15) is 0 Å². The first-order valence-electron chi connectivity index (χ1n) is 6.38. The van der Waals surface area contributed by atoms with Crippen molar-refractivity contribution in [2.24, 2.45) is 0 Å². The van der Waals surface area contributed by atoms with Crippen LogP contribution < -0.4 is 4.74 Å². The number of carbonyl (C=O) groups is 1. The first kappa shape index (κ1) is 14.0. The molecule has 0 saturated carbocycles. The van der Waals surface area contributed by atoms with E-state index in [-0.39, 0.29) is 17.1 Å². The SMILES string of the molecule is CCOc1cc(-c2occ(CC)c2C(=O)O)ccc1O. The molecule has 0 atom stereocenters. The van der Waals surface area contributed by atoms with E-state index in [4.69, 9.17) is 9.15 Å². The van der Waals surface area contributed by atoms with E-state index in [0.29, 0.717) is 29.9 Å². The number of ether oxygens (including phenoxy) is 1. The molecule has 0 aliphatic rings. The van der Waals surface area contributed by atoms with Gasteiger partial charge in [0, 0.05) is 11.1 Å². The van der Waals surface area contributed by atoms with Crippen LogP contribution in [0.2, 0.25) is 0 Å². The highest BCUT2D eigenvalue weighted by molar-refractivity contribution is 5.96. The second kappa shape index (κ2) is 5.69. The number of hydrogen-bond donors (Lipinski definition) is 2. The zero-order valence-electron chi connectivity index (χ0n) is 11.3. The molecule has 0 radical (unpaired) electrons.